The molecule has 0 spiro atoms. The van der Waals surface area contributed by atoms with Crippen molar-refractivity contribution >= 4 is 11.7 Å². The highest BCUT2D eigenvalue weighted by Gasteiger charge is 2.27. The minimum atomic E-state index is -0.976. The van der Waals surface area contributed by atoms with E-state index in [1.165, 1.54) is 6.20 Å². The summed E-state index contributed by atoms with van der Waals surface area (Å²) >= 11 is 0. The number of rotatable bonds is 3. The summed E-state index contributed by atoms with van der Waals surface area (Å²) in [6.07, 6.45) is 3.27. The largest absolute Gasteiger partial charge is 0.478 e. The van der Waals surface area contributed by atoms with Crippen molar-refractivity contribution in [2.24, 2.45) is 0 Å². The summed E-state index contributed by atoms with van der Waals surface area (Å²) < 4.78 is 0. The van der Waals surface area contributed by atoms with Crippen LogP contribution in [0.2, 0.25) is 0 Å². The topological polar surface area (TPSA) is 73.7 Å². The first-order valence-electron chi connectivity index (χ1n) is 5.71. The molecular weight excluding hydrogens is 220 g/mol. The number of aliphatic hydroxyl groups is 1. The Hall–Kier alpha value is -1.62. The van der Waals surface area contributed by atoms with Crippen LogP contribution in [0.3, 0.4) is 0 Å². The Bertz CT molecular complexity index is 434. The summed E-state index contributed by atoms with van der Waals surface area (Å²) in [7, 11) is 0. The summed E-state index contributed by atoms with van der Waals surface area (Å²) in [5.41, 5.74) is 1.66. The fraction of sp³-hybridized carbons (Fsp3) is 0.500. The minimum Gasteiger partial charge on any atom is -0.478 e. The maximum Gasteiger partial charge on any atom is 0.339 e. The van der Waals surface area contributed by atoms with Crippen molar-refractivity contribution in [3.8, 4) is 0 Å². The van der Waals surface area contributed by atoms with Gasteiger partial charge < -0.3 is 15.1 Å². The van der Waals surface area contributed by atoms with Crippen LogP contribution in [0.15, 0.2) is 12.3 Å². The van der Waals surface area contributed by atoms with Gasteiger partial charge in [-0.05, 0) is 25.8 Å². The van der Waals surface area contributed by atoms with E-state index in [2.05, 4.69) is 4.98 Å². The lowest BCUT2D eigenvalue weighted by Gasteiger charge is -2.26. The molecule has 1 aromatic rings. The Labute approximate surface area is 99.7 Å². The van der Waals surface area contributed by atoms with Crippen molar-refractivity contribution in [2.45, 2.75) is 25.8 Å². The molecule has 5 nitrogen and oxygen atoms in total. The van der Waals surface area contributed by atoms with Gasteiger partial charge in [-0.25, -0.2) is 4.79 Å². The number of nitrogens with zero attached hydrogens (tertiary/aromatic N) is 2. The molecule has 1 aliphatic heterocycles. The fourth-order valence-electron chi connectivity index (χ4n) is 2.29. The van der Waals surface area contributed by atoms with E-state index in [0.717, 1.165) is 25.1 Å². The third kappa shape index (κ3) is 2.24. The van der Waals surface area contributed by atoms with Gasteiger partial charge in [0.05, 0.1) is 18.3 Å². The van der Waals surface area contributed by atoms with E-state index in [-0.39, 0.29) is 18.2 Å². The number of aliphatic hydroxyl groups excluding tert-OH is 1. The Morgan fingerprint density at radius 1 is 1.65 bits per heavy atom. The van der Waals surface area contributed by atoms with Crippen LogP contribution in [0, 0.1) is 6.92 Å². The molecule has 0 radical (unpaired) electrons. The second-order valence-electron chi connectivity index (χ2n) is 4.32. The van der Waals surface area contributed by atoms with Gasteiger partial charge in [-0.3, -0.25) is 4.98 Å². The highest BCUT2D eigenvalue weighted by Crippen LogP contribution is 2.28. The van der Waals surface area contributed by atoms with Gasteiger partial charge >= 0.3 is 5.97 Å². The van der Waals surface area contributed by atoms with Gasteiger partial charge in [0.1, 0.15) is 5.56 Å². The molecule has 0 aromatic carbocycles. The molecule has 92 valence electrons. The van der Waals surface area contributed by atoms with Crippen LogP contribution < -0.4 is 4.90 Å². The first-order valence-corrected chi connectivity index (χ1v) is 5.71. The monoisotopic (exact) mass is 236 g/mol. The normalized spacial score (nSPS) is 19.6. The first-order chi connectivity index (χ1) is 8.13. The molecule has 2 heterocycles. The quantitative estimate of drug-likeness (QED) is 0.820. The molecule has 5 heteroatoms. The number of carbonyl (C=O) groups is 1. The van der Waals surface area contributed by atoms with Gasteiger partial charge in [0.25, 0.3) is 0 Å². The molecule has 1 fully saturated rings. The van der Waals surface area contributed by atoms with Crippen molar-refractivity contribution < 1.29 is 15.0 Å². The summed E-state index contributed by atoms with van der Waals surface area (Å²) in [5.74, 6) is -0.976. The molecule has 0 aliphatic carbocycles. The van der Waals surface area contributed by atoms with Gasteiger partial charge in [0, 0.05) is 18.4 Å². The van der Waals surface area contributed by atoms with Crippen LogP contribution in [0.5, 0.6) is 0 Å². The van der Waals surface area contributed by atoms with E-state index in [4.69, 9.17) is 5.11 Å². The summed E-state index contributed by atoms with van der Waals surface area (Å²) in [5, 5.41) is 18.4. The van der Waals surface area contributed by atoms with E-state index in [1.54, 1.807) is 6.07 Å². The highest BCUT2D eigenvalue weighted by atomic mass is 16.4. The van der Waals surface area contributed by atoms with E-state index in [9.17, 15) is 9.90 Å². The maximum atomic E-state index is 11.2. The minimum absolute atomic E-state index is 0.0231. The number of pyridine rings is 1. The predicted molar refractivity (Wildman–Crippen MR) is 63.4 cm³/mol. The number of hydrogen-bond acceptors (Lipinski definition) is 4. The maximum absolute atomic E-state index is 11.2. The van der Waals surface area contributed by atoms with E-state index in [0.29, 0.717) is 5.69 Å². The average Bonchev–Trinajstić information content (AvgIpc) is 2.76. The number of aryl methyl sites for hydroxylation is 1. The molecule has 2 N–H and O–H groups in total. The zero-order chi connectivity index (χ0) is 12.4. The van der Waals surface area contributed by atoms with Crippen LogP contribution in [0.4, 0.5) is 5.69 Å². The third-order valence-electron chi connectivity index (χ3n) is 3.15. The average molecular weight is 236 g/mol. The molecule has 1 unspecified atom stereocenters. The van der Waals surface area contributed by atoms with Gasteiger partial charge in [0.2, 0.25) is 0 Å². The Balaban J connectivity index is 2.42. The van der Waals surface area contributed by atoms with Gasteiger partial charge in [-0.15, -0.1) is 0 Å². The lowest BCUT2D eigenvalue weighted by atomic mass is 10.1. The predicted octanol–water partition coefficient (Wildman–Crippen LogP) is 1.05. The summed E-state index contributed by atoms with van der Waals surface area (Å²) in [4.78, 5) is 17.1. The SMILES string of the molecule is Cc1cc(N2CCCC2CO)c(C(=O)O)cn1. The van der Waals surface area contributed by atoms with Crippen molar-refractivity contribution in [3.63, 3.8) is 0 Å². The van der Waals surface area contributed by atoms with E-state index in [1.807, 2.05) is 11.8 Å². The zero-order valence-corrected chi connectivity index (χ0v) is 9.76. The number of hydrogen-bond donors (Lipinski definition) is 2. The molecule has 1 atom stereocenters. The molecule has 1 aliphatic rings. The van der Waals surface area contributed by atoms with Gasteiger partial charge in [-0.1, -0.05) is 0 Å². The molecule has 1 saturated heterocycles. The second kappa shape index (κ2) is 4.71. The number of carboxylic acid groups (broad SMARTS) is 1. The Morgan fingerprint density at radius 3 is 3.06 bits per heavy atom. The van der Waals surface area contributed by atoms with Crippen molar-refractivity contribution in [1.82, 2.24) is 4.98 Å². The lowest BCUT2D eigenvalue weighted by molar-refractivity contribution is 0.0697. The fourth-order valence-corrected chi connectivity index (χ4v) is 2.29. The smallest absolute Gasteiger partial charge is 0.339 e. The molecule has 2 rings (SSSR count). The van der Waals surface area contributed by atoms with Crippen LogP contribution in [-0.4, -0.2) is 40.4 Å². The summed E-state index contributed by atoms with van der Waals surface area (Å²) in [6, 6.07) is 1.80. The van der Waals surface area contributed by atoms with Gasteiger partial charge in [0.15, 0.2) is 0 Å². The standard InChI is InChI=1S/C12H16N2O3/c1-8-5-11(10(6-13-8)12(16)17)14-4-2-3-9(14)7-15/h5-6,9,15H,2-4,7H2,1H3,(H,16,17). The third-order valence-corrected chi connectivity index (χ3v) is 3.15. The van der Waals surface area contributed by atoms with Crippen molar-refractivity contribution in [1.29, 1.82) is 0 Å². The van der Waals surface area contributed by atoms with E-state index >= 15 is 0 Å². The van der Waals surface area contributed by atoms with Crippen molar-refractivity contribution in [2.75, 3.05) is 18.1 Å². The molecule has 1 aromatic heterocycles. The second-order valence-corrected chi connectivity index (χ2v) is 4.32. The zero-order valence-electron chi connectivity index (χ0n) is 9.76. The Morgan fingerprint density at radius 2 is 2.41 bits per heavy atom. The summed E-state index contributed by atoms with van der Waals surface area (Å²) in [6.45, 7) is 2.68. The van der Waals surface area contributed by atoms with Gasteiger partial charge in [-0.2, -0.15) is 0 Å². The first kappa shape index (κ1) is 11.9. The van der Waals surface area contributed by atoms with Crippen LogP contribution in [0.1, 0.15) is 28.9 Å². The number of carboxylic acids is 1. The highest BCUT2D eigenvalue weighted by molar-refractivity contribution is 5.94. The number of anilines is 1. The molecule has 0 amide bonds. The van der Waals surface area contributed by atoms with Crippen LogP contribution in [0.25, 0.3) is 0 Å². The molecule has 17 heavy (non-hydrogen) atoms. The number of aromatic carboxylic acids is 1. The van der Waals surface area contributed by atoms with E-state index < -0.39 is 5.97 Å². The Kier molecular flexibility index (Phi) is 3.28. The van der Waals surface area contributed by atoms with Crippen LogP contribution >= 0.6 is 0 Å². The molecule has 0 saturated carbocycles. The van der Waals surface area contributed by atoms with Crippen molar-refractivity contribution in [3.05, 3.63) is 23.5 Å². The molecular formula is C12H16N2O3. The number of aromatic nitrogens is 1. The lowest BCUT2D eigenvalue weighted by Crippen LogP contribution is -2.33. The molecule has 0 bridgehead atoms. The van der Waals surface area contributed by atoms with Crippen LogP contribution in [-0.2, 0) is 0 Å².